The molecule has 1 aliphatic carbocycles. The second-order valence-corrected chi connectivity index (χ2v) is 6.12. The van der Waals surface area contributed by atoms with Crippen LogP contribution in [0.25, 0.3) is 0 Å². The van der Waals surface area contributed by atoms with Crippen molar-refractivity contribution in [1.29, 1.82) is 0 Å². The van der Waals surface area contributed by atoms with Gasteiger partial charge < -0.3 is 4.74 Å². The van der Waals surface area contributed by atoms with Crippen LogP contribution in [0.4, 0.5) is 0 Å². The van der Waals surface area contributed by atoms with E-state index in [2.05, 4.69) is 9.88 Å². The molecule has 2 fully saturated rings. The highest BCUT2D eigenvalue weighted by molar-refractivity contribution is 6.34. The Hall–Kier alpha value is -0.350. The first-order valence-corrected chi connectivity index (χ1v) is 7.65. The lowest BCUT2D eigenvalue weighted by Crippen LogP contribution is -2.52. The molecule has 2 atom stereocenters. The molecule has 2 aliphatic rings. The highest BCUT2D eigenvalue weighted by Crippen LogP contribution is 2.30. The molecule has 1 saturated carbocycles. The average molecular weight is 301 g/mol. The minimum absolute atomic E-state index is 0.404. The Bertz CT molecular complexity index is 453. The van der Waals surface area contributed by atoms with Gasteiger partial charge in [-0.05, 0) is 18.9 Å². The molecule has 0 bridgehead atoms. The summed E-state index contributed by atoms with van der Waals surface area (Å²) in [5, 5.41) is 1.16. The quantitative estimate of drug-likeness (QED) is 0.781. The van der Waals surface area contributed by atoms with E-state index >= 15 is 0 Å². The summed E-state index contributed by atoms with van der Waals surface area (Å²) in [6.45, 7) is 2.63. The van der Waals surface area contributed by atoms with Gasteiger partial charge in [-0.3, -0.25) is 4.90 Å². The van der Waals surface area contributed by atoms with Crippen LogP contribution in [0.15, 0.2) is 12.3 Å². The summed E-state index contributed by atoms with van der Waals surface area (Å²) in [5.74, 6) is 0. The number of aromatic nitrogens is 1. The van der Waals surface area contributed by atoms with E-state index in [1.165, 1.54) is 25.7 Å². The van der Waals surface area contributed by atoms with E-state index in [4.69, 9.17) is 27.9 Å². The molecule has 19 heavy (non-hydrogen) atoms. The van der Waals surface area contributed by atoms with Crippen molar-refractivity contribution in [2.45, 2.75) is 44.4 Å². The lowest BCUT2D eigenvalue weighted by atomic mass is 9.90. The van der Waals surface area contributed by atoms with Gasteiger partial charge in [-0.15, -0.1) is 0 Å². The van der Waals surface area contributed by atoms with Crippen molar-refractivity contribution < 1.29 is 4.74 Å². The third kappa shape index (κ3) is 3.05. The fourth-order valence-electron chi connectivity index (χ4n) is 3.14. The number of hydrogen-bond acceptors (Lipinski definition) is 3. The molecule has 0 spiro atoms. The van der Waals surface area contributed by atoms with Gasteiger partial charge in [-0.1, -0.05) is 36.0 Å². The first-order valence-electron chi connectivity index (χ1n) is 6.89. The zero-order valence-corrected chi connectivity index (χ0v) is 12.3. The molecule has 0 aromatic carbocycles. The molecule has 0 N–H and O–H groups in total. The number of pyridine rings is 1. The molecule has 2 unspecified atom stereocenters. The molecule has 1 saturated heterocycles. The number of nitrogens with zero attached hydrogens (tertiary/aromatic N) is 2. The van der Waals surface area contributed by atoms with Gasteiger partial charge >= 0.3 is 0 Å². The van der Waals surface area contributed by atoms with Crippen LogP contribution in [0.5, 0.6) is 0 Å². The molecule has 0 amide bonds. The van der Waals surface area contributed by atoms with Crippen LogP contribution in [-0.4, -0.2) is 35.2 Å². The molecular weight excluding hydrogens is 283 g/mol. The van der Waals surface area contributed by atoms with Crippen LogP contribution in [0.3, 0.4) is 0 Å². The highest BCUT2D eigenvalue weighted by atomic mass is 35.5. The third-order valence-corrected chi connectivity index (χ3v) is 4.68. The topological polar surface area (TPSA) is 25.4 Å². The minimum Gasteiger partial charge on any atom is -0.375 e. The monoisotopic (exact) mass is 300 g/mol. The number of fused-ring (bicyclic) bond motifs is 1. The molecule has 2 heterocycles. The molecule has 1 aromatic heterocycles. The average Bonchev–Trinajstić information content (AvgIpc) is 2.42. The van der Waals surface area contributed by atoms with Gasteiger partial charge in [0.1, 0.15) is 5.15 Å². The summed E-state index contributed by atoms with van der Waals surface area (Å²) in [6.07, 6.45) is 7.20. The number of halogens is 2. The first kappa shape index (κ1) is 13.6. The van der Waals surface area contributed by atoms with E-state index in [1.807, 2.05) is 0 Å². The zero-order chi connectivity index (χ0) is 13.2. The molecular formula is C14H18Cl2N2O. The fraction of sp³-hybridized carbons (Fsp3) is 0.643. The van der Waals surface area contributed by atoms with Crippen molar-refractivity contribution in [3.05, 3.63) is 28.0 Å². The molecule has 1 aliphatic heterocycles. The molecule has 1 aromatic rings. The Balaban J connectivity index is 1.74. The van der Waals surface area contributed by atoms with Gasteiger partial charge in [-0.2, -0.15) is 0 Å². The maximum atomic E-state index is 6.24. The second kappa shape index (κ2) is 5.96. The summed E-state index contributed by atoms with van der Waals surface area (Å²) >= 11 is 12.1. The number of morpholine rings is 1. The summed E-state index contributed by atoms with van der Waals surface area (Å²) in [5.41, 5.74) is 1.05. The van der Waals surface area contributed by atoms with Crippen molar-refractivity contribution in [3.8, 4) is 0 Å². The van der Waals surface area contributed by atoms with Crippen molar-refractivity contribution in [2.75, 3.05) is 13.2 Å². The van der Waals surface area contributed by atoms with Crippen LogP contribution in [0, 0.1) is 0 Å². The van der Waals surface area contributed by atoms with E-state index in [1.54, 1.807) is 12.3 Å². The predicted octanol–water partition coefficient (Wildman–Crippen LogP) is 3.53. The number of ether oxygens (including phenoxy) is 1. The van der Waals surface area contributed by atoms with Gasteiger partial charge in [0, 0.05) is 35.9 Å². The van der Waals surface area contributed by atoms with E-state index in [9.17, 15) is 0 Å². The Morgan fingerprint density at radius 2 is 2.16 bits per heavy atom. The summed E-state index contributed by atoms with van der Waals surface area (Å²) in [6, 6.07) is 2.26. The molecule has 0 radical (unpaired) electrons. The number of rotatable bonds is 2. The SMILES string of the molecule is Clc1cc(Cl)c(CN2CCOC3CCCCC32)cn1. The normalized spacial score (nSPS) is 28.1. The third-order valence-electron chi connectivity index (χ3n) is 4.12. The molecule has 5 heteroatoms. The summed E-state index contributed by atoms with van der Waals surface area (Å²) in [4.78, 5) is 6.62. The van der Waals surface area contributed by atoms with E-state index < -0.39 is 0 Å². The maximum absolute atomic E-state index is 6.24. The van der Waals surface area contributed by atoms with Gasteiger partial charge in [0.2, 0.25) is 0 Å². The van der Waals surface area contributed by atoms with Crippen LogP contribution in [0.2, 0.25) is 10.2 Å². The maximum Gasteiger partial charge on any atom is 0.130 e. The van der Waals surface area contributed by atoms with Crippen molar-refractivity contribution in [3.63, 3.8) is 0 Å². The fourth-order valence-corrected chi connectivity index (χ4v) is 3.57. The van der Waals surface area contributed by atoms with Crippen LogP contribution < -0.4 is 0 Å². The first-order chi connectivity index (χ1) is 9.24. The van der Waals surface area contributed by atoms with Crippen LogP contribution in [0.1, 0.15) is 31.2 Å². The van der Waals surface area contributed by atoms with Gasteiger partial charge in [0.15, 0.2) is 0 Å². The highest BCUT2D eigenvalue weighted by Gasteiger charge is 2.34. The van der Waals surface area contributed by atoms with E-state index in [-0.39, 0.29) is 0 Å². The predicted molar refractivity (Wildman–Crippen MR) is 76.7 cm³/mol. The Morgan fingerprint density at radius 3 is 3.00 bits per heavy atom. The van der Waals surface area contributed by atoms with Crippen LogP contribution >= 0.6 is 23.2 Å². The van der Waals surface area contributed by atoms with Crippen LogP contribution in [-0.2, 0) is 11.3 Å². The minimum atomic E-state index is 0.404. The standard InChI is InChI=1S/C14H18Cl2N2O/c15-11-7-14(16)17-8-10(11)9-18-5-6-19-13-4-2-1-3-12(13)18/h7-8,12-13H,1-6,9H2. The van der Waals surface area contributed by atoms with E-state index in [0.29, 0.717) is 22.3 Å². The largest absolute Gasteiger partial charge is 0.375 e. The zero-order valence-electron chi connectivity index (χ0n) is 10.8. The lowest BCUT2D eigenvalue weighted by Gasteiger charge is -2.43. The smallest absolute Gasteiger partial charge is 0.130 e. The number of hydrogen-bond donors (Lipinski definition) is 0. The molecule has 104 valence electrons. The lowest BCUT2D eigenvalue weighted by molar-refractivity contribution is -0.0911. The van der Waals surface area contributed by atoms with E-state index in [0.717, 1.165) is 25.3 Å². The Kier molecular flexibility index (Phi) is 4.27. The van der Waals surface area contributed by atoms with Gasteiger partial charge in [-0.25, -0.2) is 4.98 Å². The van der Waals surface area contributed by atoms with Crippen molar-refractivity contribution in [1.82, 2.24) is 9.88 Å². The Labute approximate surface area is 123 Å². The van der Waals surface area contributed by atoms with Gasteiger partial charge in [0.25, 0.3) is 0 Å². The van der Waals surface area contributed by atoms with Crippen molar-refractivity contribution in [2.24, 2.45) is 0 Å². The summed E-state index contributed by atoms with van der Waals surface area (Å²) < 4.78 is 5.89. The molecule has 3 rings (SSSR count). The summed E-state index contributed by atoms with van der Waals surface area (Å²) in [7, 11) is 0. The molecule has 3 nitrogen and oxygen atoms in total. The second-order valence-electron chi connectivity index (χ2n) is 5.33. The Morgan fingerprint density at radius 1 is 1.32 bits per heavy atom. The van der Waals surface area contributed by atoms with Gasteiger partial charge in [0.05, 0.1) is 12.7 Å². The van der Waals surface area contributed by atoms with Crippen molar-refractivity contribution >= 4 is 23.2 Å².